The van der Waals surface area contributed by atoms with Gasteiger partial charge in [-0.15, -0.1) is 0 Å². The Morgan fingerprint density at radius 1 is 1.18 bits per heavy atom. The van der Waals surface area contributed by atoms with Gasteiger partial charge in [-0.1, -0.05) is 41.4 Å². The van der Waals surface area contributed by atoms with Gasteiger partial charge < -0.3 is 9.67 Å². The summed E-state index contributed by atoms with van der Waals surface area (Å²) in [6, 6.07) is 10.1. The van der Waals surface area contributed by atoms with E-state index in [-0.39, 0.29) is 5.39 Å². The standard InChI is InChI=1S/C19H15Cl2NO5S/c1-28(26,27)10-22-9-14(19(24)25)18(23)13-8-11(5-6-16(13)22)7-12-3-2-4-15(20)17(12)21/h2-6,8-9H,7,10H2,1H3,(H,24,25). The minimum absolute atomic E-state index is 0.124. The van der Waals surface area contributed by atoms with E-state index in [1.165, 1.54) is 4.57 Å². The summed E-state index contributed by atoms with van der Waals surface area (Å²) in [5.74, 6) is -1.86. The van der Waals surface area contributed by atoms with Gasteiger partial charge in [0, 0.05) is 17.8 Å². The van der Waals surface area contributed by atoms with Gasteiger partial charge in [-0.05, 0) is 35.7 Å². The monoisotopic (exact) mass is 439 g/mol. The molecule has 0 spiro atoms. The van der Waals surface area contributed by atoms with E-state index in [0.717, 1.165) is 18.0 Å². The third kappa shape index (κ3) is 4.22. The number of hydrogen-bond donors (Lipinski definition) is 1. The number of carboxylic acid groups (broad SMARTS) is 1. The van der Waals surface area contributed by atoms with E-state index >= 15 is 0 Å². The Morgan fingerprint density at radius 2 is 1.89 bits per heavy atom. The largest absolute Gasteiger partial charge is 0.477 e. The van der Waals surface area contributed by atoms with Crippen molar-refractivity contribution < 1.29 is 18.3 Å². The number of carbonyl (C=O) groups is 1. The number of halogens is 2. The quantitative estimate of drug-likeness (QED) is 0.655. The van der Waals surface area contributed by atoms with Gasteiger partial charge in [-0.2, -0.15) is 0 Å². The average Bonchev–Trinajstić information content (AvgIpc) is 2.60. The van der Waals surface area contributed by atoms with Crippen molar-refractivity contribution in [3.05, 3.63) is 79.6 Å². The molecule has 0 aliphatic heterocycles. The lowest BCUT2D eigenvalue weighted by molar-refractivity contribution is 0.0695. The Labute approximate surface area is 170 Å². The average molecular weight is 440 g/mol. The van der Waals surface area contributed by atoms with Crippen LogP contribution in [0.15, 0.2) is 47.4 Å². The number of rotatable bonds is 5. The molecule has 0 atom stereocenters. The number of pyridine rings is 1. The maximum absolute atomic E-state index is 12.6. The third-order valence-electron chi connectivity index (χ3n) is 4.17. The normalized spacial score (nSPS) is 11.7. The Hall–Kier alpha value is -2.35. The second-order valence-corrected chi connectivity index (χ2v) is 9.34. The third-order valence-corrected chi connectivity index (χ3v) is 5.78. The highest BCUT2D eigenvalue weighted by atomic mass is 35.5. The number of carboxylic acids is 1. The molecule has 0 saturated carbocycles. The fourth-order valence-electron chi connectivity index (χ4n) is 2.97. The summed E-state index contributed by atoms with van der Waals surface area (Å²) in [4.78, 5) is 24.1. The van der Waals surface area contributed by atoms with Gasteiger partial charge >= 0.3 is 5.97 Å². The van der Waals surface area contributed by atoms with E-state index in [4.69, 9.17) is 23.2 Å². The van der Waals surface area contributed by atoms with Crippen LogP contribution in [0.25, 0.3) is 10.9 Å². The number of aromatic nitrogens is 1. The molecule has 1 aromatic heterocycles. The molecule has 0 fully saturated rings. The predicted molar refractivity (Wildman–Crippen MR) is 109 cm³/mol. The van der Waals surface area contributed by atoms with Crippen molar-refractivity contribution in [3.63, 3.8) is 0 Å². The summed E-state index contributed by atoms with van der Waals surface area (Å²) in [5.41, 5.74) is 0.628. The van der Waals surface area contributed by atoms with E-state index in [2.05, 4.69) is 0 Å². The first-order chi connectivity index (χ1) is 13.1. The van der Waals surface area contributed by atoms with Gasteiger partial charge in [-0.25, -0.2) is 13.2 Å². The van der Waals surface area contributed by atoms with Gasteiger partial charge in [0.2, 0.25) is 5.43 Å². The highest BCUT2D eigenvalue weighted by molar-refractivity contribution is 7.89. The maximum Gasteiger partial charge on any atom is 0.341 e. The van der Waals surface area contributed by atoms with E-state index in [1.807, 2.05) is 0 Å². The first-order valence-electron chi connectivity index (χ1n) is 8.07. The maximum atomic E-state index is 12.6. The van der Waals surface area contributed by atoms with Crippen molar-refractivity contribution in [2.45, 2.75) is 12.3 Å². The molecule has 9 heteroatoms. The van der Waals surface area contributed by atoms with E-state index < -0.39 is 32.7 Å². The Morgan fingerprint density at radius 3 is 2.54 bits per heavy atom. The van der Waals surface area contributed by atoms with Crippen molar-refractivity contribution in [1.82, 2.24) is 4.57 Å². The molecule has 28 heavy (non-hydrogen) atoms. The van der Waals surface area contributed by atoms with Crippen LogP contribution in [0, 0.1) is 0 Å². The Bertz CT molecular complexity index is 1270. The molecular formula is C19H15Cl2NO5S. The first-order valence-corrected chi connectivity index (χ1v) is 10.9. The molecule has 0 amide bonds. The topological polar surface area (TPSA) is 93.4 Å². The van der Waals surface area contributed by atoms with Crippen LogP contribution >= 0.6 is 23.2 Å². The summed E-state index contributed by atoms with van der Waals surface area (Å²) in [6.07, 6.45) is 2.46. The molecule has 0 saturated heterocycles. The van der Waals surface area contributed by atoms with Crippen LogP contribution in [0.3, 0.4) is 0 Å². The van der Waals surface area contributed by atoms with Gasteiger partial charge in [0.25, 0.3) is 0 Å². The summed E-state index contributed by atoms with van der Waals surface area (Å²) >= 11 is 12.2. The van der Waals surface area contributed by atoms with Crippen LogP contribution in [0.5, 0.6) is 0 Å². The molecule has 1 N–H and O–H groups in total. The van der Waals surface area contributed by atoms with Gasteiger partial charge in [0.1, 0.15) is 11.4 Å². The second-order valence-electron chi connectivity index (χ2n) is 6.44. The fraction of sp³-hybridized carbons (Fsp3) is 0.158. The van der Waals surface area contributed by atoms with Gasteiger partial charge in [0.05, 0.1) is 15.6 Å². The molecule has 3 rings (SSSR count). The Kier molecular flexibility index (Phi) is 5.52. The van der Waals surface area contributed by atoms with Crippen LogP contribution in [-0.4, -0.2) is 30.3 Å². The number of fused-ring (bicyclic) bond motifs is 1. The van der Waals surface area contributed by atoms with Crippen LogP contribution < -0.4 is 5.43 Å². The van der Waals surface area contributed by atoms with Crippen molar-refractivity contribution in [2.24, 2.45) is 0 Å². The van der Waals surface area contributed by atoms with Crippen molar-refractivity contribution in [3.8, 4) is 0 Å². The zero-order valence-corrected chi connectivity index (χ0v) is 17.0. The molecule has 2 aromatic carbocycles. The number of aromatic carboxylic acids is 1. The van der Waals surface area contributed by atoms with Crippen LogP contribution in [0.4, 0.5) is 0 Å². The lowest BCUT2D eigenvalue weighted by atomic mass is 10.0. The molecule has 0 bridgehead atoms. The van der Waals surface area contributed by atoms with E-state index in [9.17, 15) is 23.1 Å². The smallest absolute Gasteiger partial charge is 0.341 e. The molecule has 1 heterocycles. The number of sulfone groups is 1. The summed E-state index contributed by atoms with van der Waals surface area (Å²) in [5, 5.41) is 10.3. The van der Waals surface area contributed by atoms with Crippen molar-refractivity contribution in [1.29, 1.82) is 0 Å². The predicted octanol–water partition coefficient (Wildman–Crippen LogP) is 3.60. The second kappa shape index (κ2) is 7.58. The van der Waals surface area contributed by atoms with Crippen LogP contribution in [-0.2, 0) is 22.1 Å². The molecule has 0 aliphatic rings. The molecule has 0 radical (unpaired) electrons. The zero-order valence-electron chi connectivity index (χ0n) is 14.6. The van der Waals surface area contributed by atoms with E-state index in [0.29, 0.717) is 27.5 Å². The Balaban J connectivity index is 2.19. The molecule has 0 unspecified atom stereocenters. The lowest BCUT2D eigenvalue weighted by Crippen LogP contribution is -2.21. The van der Waals surface area contributed by atoms with E-state index in [1.54, 1.807) is 36.4 Å². The number of benzene rings is 2. The summed E-state index contributed by atoms with van der Waals surface area (Å²) < 4.78 is 24.7. The SMILES string of the molecule is CS(=O)(=O)Cn1cc(C(=O)O)c(=O)c2cc(Cc3cccc(Cl)c3Cl)ccc21. The zero-order chi connectivity index (χ0) is 20.6. The summed E-state index contributed by atoms with van der Waals surface area (Å²) in [6.45, 7) is 0. The first kappa shape index (κ1) is 20.4. The molecule has 0 aliphatic carbocycles. The fourth-order valence-corrected chi connectivity index (χ4v) is 4.08. The van der Waals surface area contributed by atoms with Crippen LogP contribution in [0.2, 0.25) is 10.0 Å². The minimum atomic E-state index is -3.46. The van der Waals surface area contributed by atoms with Gasteiger partial charge in [0.15, 0.2) is 9.84 Å². The van der Waals surface area contributed by atoms with Crippen molar-refractivity contribution >= 4 is 49.9 Å². The molecular weight excluding hydrogens is 425 g/mol. The molecule has 6 nitrogen and oxygen atoms in total. The molecule has 146 valence electrons. The number of nitrogens with zero attached hydrogens (tertiary/aromatic N) is 1. The minimum Gasteiger partial charge on any atom is -0.477 e. The highest BCUT2D eigenvalue weighted by Gasteiger charge is 2.17. The molecule has 3 aromatic rings. The van der Waals surface area contributed by atoms with Gasteiger partial charge in [-0.3, -0.25) is 4.79 Å². The van der Waals surface area contributed by atoms with Crippen molar-refractivity contribution in [2.75, 3.05) is 6.26 Å². The highest BCUT2D eigenvalue weighted by Crippen LogP contribution is 2.28. The van der Waals surface area contributed by atoms with Crippen LogP contribution in [0.1, 0.15) is 21.5 Å². The summed E-state index contributed by atoms with van der Waals surface area (Å²) in [7, 11) is -3.46. The lowest BCUT2D eigenvalue weighted by Gasteiger charge is -2.13. The number of hydrogen-bond acceptors (Lipinski definition) is 4.